The van der Waals surface area contributed by atoms with Gasteiger partial charge in [0.1, 0.15) is 19.0 Å². The summed E-state index contributed by atoms with van der Waals surface area (Å²) in [5.74, 6) is 0.648. The van der Waals surface area contributed by atoms with Gasteiger partial charge in [-0.05, 0) is 29.3 Å². The van der Waals surface area contributed by atoms with Crippen LogP contribution in [0.2, 0.25) is 10.0 Å². The number of halogens is 4. The molecule has 0 amide bonds. The number of hydrogen-bond acceptors (Lipinski definition) is 2. The SMILES string of the molecule is Fc1cc(C(Cl)c2cc3c(cc2Cl)OCCO3)ccc1Cl. The monoisotopic (exact) mass is 346 g/mol. The fourth-order valence-corrected chi connectivity index (χ4v) is 2.88. The maximum absolute atomic E-state index is 13.6. The summed E-state index contributed by atoms with van der Waals surface area (Å²) in [4.78, 5) is 0. The summed E-state index contributed by atoms with van der Waals surface area (Å²) in [6.07, 6.45) is 0. The van der Waals surface area contributed by atoms with Crippen molar-refractivity contribution in [3.63, 3.8) is 0 Å². The molecule has 110 valence electrons. The molecular formula is C15H10Cl3FO2. The molecule has 1 aliphatic rings. The van der Waals surface area contributed by atoms with Crippen LogP contribution in [0.15, 0.2) is 30.3 Å². The average molecular weight is 348 g/mol. The van der Waals surface area contributed by atoms with Gasteiger partial charge in [0.2, 0.25) is 0 Å². The van der Waals surface area contributed by atoms with E-state index >= 15 is 0 Å². The van der Waals surface area contributed by atoms with E-state index in [4.69, 9.17) is 44.3 Å². The zero-order valence-corrected chi connectivity index (χ0v) is 13.0. The smallest absolute Gasteiger partial charge is 0.162 e. The number of hydrogen-bond donors (Lipinski definition) is 0. The highest BCUT2D eigenvalue weighted by Gasteiger charge is 2.21. The van der Waals surface area contributed by atoms with E-state index in [1.807, 2.05) is 0 Å². The highest BCUT2D eigenvalue weighted by Crippen LogP contribution is 2.41. The van der Waals surface area contributed by atoms with Gasteiger partial charge in [0.15, 0.2) is 11.5 Å². The topological polar surface area (TPSA) is 18.5 Å². The van der Waals surface area contributed by atoms with Crippen LogP contribution in [0.3, 0.4) is 0 Å². The van der Waals surface area contributed by atoms with Crippen LogP contribution in [0.25, 0.3) is 0 Å². The summed E-state index contributed by atoms with van der Waals surface area (Å²) in [5, 5.41) is -0.120. The molecule has 0 radical (unpaired) electrons. The summed E-state index contributed by atoms with van der Waals surface area (Å²) in [5.41, 5.74) is 1.20. The molecule has 1 heterocycles. The minimum Gasteiger partial charge on any atom is -0.486 e. The molecular weight excluding hydrogens is 338 g/mol. The third-order valence-corrected chi connectivity index (χ3v) is 4.29. The molecule has 0 saturated heterocycles. The maximum Gasteiger partial charge on any atom is 0.162 e. The van der Waals surface area contributed by atoms with Crippen molar-refractivity contribution in [3.8, 4) is 11.5 Å². The standard InChI is InChI=1S/C15H10Cl3FO2/c16-10-2-1-8(5-12(10)19)15(18)9-6-13-14(7-11(9)17)21-4-3-20-13/h1-2,5-7,15H,3-4H2. The van der Waals surface area contributed by atoms with Gasteiger partial charge in [0.25, 0.3) is 0 Å². The Morgan fingerprint density at radius 3 is 2.29 bits per heavy atom. The van der Waals surface area contributed by atoms with Gasteiger partial charge in [-0.15, -0.1) is 11.6 Å². The number of fused-ring (bicyclic) bond motifs is 1. The molecule has 6 heteroatoms. The lowest BCUT2D eigenvalue weighted by Gasteiger charge is -2.21. The molecule has 0 N–H and O–H groups in total. The normalized spacial score (nSPS) is 14.9. The minimum atomic E-state index is -0.611. The van der Waals surface area contributed by atoms with Crippen molar-refractivity contribution in [1.29, 1.82) is 0 Å². The first-order chi connectivity index (χ1) is 10.1. The second-order valence-electron chi connectivity index (χ2n) is 4.55. The van der Waals surface area contributed by atoms with Crippen LogP contribution in [0.4, 0.5) is 4.39 Å². The summed E-state index contributed by atoms with van der Waals surface area (Å²) >= 11 is 18.3. The lowest BCUT2D eigenvalue weighted by molar-refractivity contribution is 0.171. The Morgan fingerprint density at radius 2 is 1.62 bits per heavy atom. The number of alkyl halides is 1. The Morgan fingerprint density at radius 1 is 0.952 bits per heavy atom. The van der Waals surface area contributed by atoms with E-state index in [1.165, 1.54) is 12.1 Å². The average Bonchev–Trinajstić information content (AvgIpc) is 2.48. The molecule has 0 saturated carbocycles. The van der Waals surface area contributed by atoms with Gasteiger partial charge < -0.3 is 9.47 Å². The third kappa shape index (κ3) is 2.91. The Kier molecular flexibility index (Phi) is 4.16. The van der Waals surface area contributed by atoms with Gasteiger partial charge in [-0.1, -0.05) is 29.3 Å². The van der Waals surface area contributed by atoms with E-state index in [1.54, 1.807) is 18.2 Å². The molecule has 2 aromatic rings. The molecule has 1 aliphatic heterocycles. The summed E-state index contributed by atoms with van der Waals surface area (Å²) in [6, 6.07) is 7.81. The van der Waals surface area contributed by atoms with E-state index in [0.717, 1.165) is 0 Å². The van der Waals surface area contributed by atoms with Crippen molar-refractivity contribution >= 4 is 34.8 Å². The van der Waals surface area contributed by atoms with Gasteiger partial charge >= 0.3 is 0 Å². The Bertz CT molecular complexity index is 691. The van der Waals surface area contributed by atoms with E-state index < -0.39 is 11.2 Å². The lowest BCUT2D eigenvalue weighted by Crippen LogP contribution is -2.15. The Hall–Kier alpha value is -1.16. The van der Waals surface area contributed by atoms with Gasteiger partial charge in [0.05, 0.1) is 10.4 Å². The molecule has 3 rings (SSSR count). The zero-order chi connectivity index (χ0) is 15.0. The highest BCUT2D eigenvalue weighted by molar-refractivity contribution is 6.33. The first-order valence-electron chi connectivity index (χ1n) is 6.24. The van der Waals surface area contributed by atoms with Gasteiger partial charge in [-0.25, -0.2) is 4.39 Å². The number of benzene rings is 2. The van der Waals surface area contributed by atoms with Gasteiger partial charge in [-0.2, -0.15) is 0 Å². The van der Waals surface area contributed by atoms with E-state index in [-0.39, 0.29) is 5.02 Å². The summed E-state index contributed by atoms with van der Waals surface area (Å²) in [6.45, 7) is 0.950. The lowest BCUT2D eigenvalue weighted by atomic mass is 10.0. The first-order valence-corrected chi connectivity index (χ1v) is 7.43. The fraction of sp³-hybridized carbons (Fsp3) is 0.200. The molecule has 0 aliphatic carbocycles. The van der Waals surface area contributed by atoms with E-state index in [9.17, 15) is 4.39 Å². The summed E-state index contributed by atoms with van der Waals surface area (Å²) in [7, 11) is 0. The van der Waals surface area contributed by atoms with E-state index in [2.05, 4.69) is 0 Å². The van der Waals surface area contributed by atoms with Crippen molar-refractivity contribution in [2.24, 2.45) is 0 Å². The van der Waals surface area contributed by atoms with Crippen molar-refractivity contribution in [1.82, 2.24) is 0 Å². The Balaban J connectivity index is 2.00. The van der Waals surface area contributed by atoms with Crippen LogP contribution < -0.4 is 9.47 Å². The zero-order valence-electron chi connectivity index (χ0n) is 10.7. The van der Waals surface area contributed by atoms with Crippen LogP contribution in [-0.2, 0) is 0 Å². The predicted octanol–water partition coefficient (Wildman–Crippen LogP) is 5.23. The first kappa shape index (κ1) is 14.8. The maximum atomic E-state index is 13.6. The minimum absolute atomic E-state index is 0.0517. The van der Waals surface area contributed by atoms with Crippen molar-refractivity contribution < 1.29 is 13.9 Å². The quantitative estimate of drug-likeness (QED) is 0.692. The van der Waals surface area contributed by atoms with E-state index in [0.29, 0.717) is 40.9 Å². The third-order valence-electron chi connectivity index (χ3n) is 3.17. The van der Waals surface area contributed by atoms with Crippen LogP contribution in [0.5, 0.6) is 11.5 Å². The van der Waals surface area contributed by atoms with Crippen LogP contribution in [-0.4, -0.2) is 13.2 Å². The highest BCUT2D eigenvalue weighted by atomic mass is 35.5. The number of rotatable bonds is 2. The van der Waals surface area contributed by atoms with Crippen LogP contribution in [0.1, 0.15) is 16.5 Å². The van der Waals surface area contributed by atoms with Crippen molar-refractivity contribution in [2.75, 3.05) is 13.2 Å². The molecule has 2 aromatic carbocycles. The second kappa shape index (κ2) is 5.91. The molecule has 1 atom stereocenters. The molecule has 0 spiro atoms. The molecule has 21 heavy (non-hydrogen) atoms. The number of ether oxygens (including phenoxy) is 2. The molecule has 0 aromatic heterocycles. The predicted molar refractivity (Wildman–Crippen MR) is 81.5 cm³/mol. The second-order valence-corrected chi connectivity index (χ2v) is 5.80. The molecule has 2 nitrogen and oxygen atoms in total. The fourth-order valence-electron chi connectivity index (χ4n) is 2.12. The molecule has 1 unspecified atom stereocenters. The van der Waals surface area contributed by atoms with Crippen LogP contribution in [0, 0.1) is 5.82 Å². The Labute approximate surface area is 136 Å². The molecule has 0 bridgehead atoms. The van der Waals surface area contributed by atoms with Crippen molar-refractivity contribution in [3.05, 3.63) is 57.3 Å². The van der Waals surface area contributed by atoms with Gasteiger partial charge in [0, 0.05) is 11.1 Å². The molecule has 0 fully saturated rings. The largest absolute Gasteiger partial charge is 0.486 e. The van der Waals surface area contributed by atoms with Gasteiger partial charge in [-0.3, -0.25) is 0 Å². The summed E-state index contributed by atoms with van der Waals surface area (Å²) < 4.78 is 24.5. The van der Waals surface area contributed by atoms with Crippen molar-refractivity contribution in [2.45, 2.75) is 5.38 Å². The van der Waals surface area contributed by atoms with Crippen LogP contribution >= 0.6 is 34.8 Å².